The van der Waals surface area contributed by atoms with Gasteiger partial charge in [0.05, 0.1) is 4.90 Å². The van der Waals surface area contributed by atoms with E-state index in [-0.39, 0.29) is 48.3 Å². The maximum absolute atomic E-state index is 12.0. The fraction of sp³-hybridized carbons (Fsp3) is 0.500. The molecule has 1 aromatic rings. The van der Waals surface area contributed by atoms with Gasteiger partial charge in [-0.05, 0) is 37.5 Å². The number of carbonyl (C=O) groups excluding carboxylic acids is 1. The van der Waals surface area contributed by atoms with Gasteiger partial charge < -0.3 is 11.1 Å². The molecule has 2 atom stereocenters. The first kappa shape index (κ1) is 20.2. The van der Waals surface area contributed by atoms with E-state index in [9.17, 15) is 13.2 Å². The summed E-state index contributed by atoms with van der Waals surface area (Å²) in [6.07, 6.45) is 2.35. The maximum atomic E-state index is 12.0. The molecule has 0 radical (unpaired) electrons. The first-order valence-corrected chi connectivity index (χ1v) is 9.03. The average Bonchev–Trinajstić information content (AvgIpc) is 2.90. The minimum atomic E-state index is -3.61. The summed E-state index contributed by atoms with van der Waals surface area (Å²) in [6, 6.07) is 6.11. The number of nitrogens with one attached hydrogen (secondary N) is 2. The highest BCUT2D eigenvalue weighted by atomic mass is 35.5. The second-order valence-electron chi connectivity index (χ2n) is 5.42. The van der Waals surface area contributed by atoms with Crippen LogP contribution in [0.5, 0.6) is 0 Å². The molecule has 0 spiro atoms. The molecule has 1 aliphatic rings. The van der Waals surface area contributed by atoms with Crippen LogP contribution in [0.1, 0.15) is 19.3 Å². The van der Waals surface area contributed by atoms with Gasteiger partial charge in [0.15, 0.2) is 0 Å². The number of hydrogen-bond acceptors (Lipinski definition) is 4. The summed E-state index contributed by atoms with van der Waals surface area (Å²) in [4.78, 5) is 12.0. The van der Waals surface area contributed by atoms with Crippen LogP contribution in [0, 0.1) is 5.92 Å². The van der Waals surface area contributed by atoms with E-state index in [1.54, 1.807) is 12.1 Å². The molecular formula is C14H21Cl2N3O3S. The molecule has 4 N–H and O–H groups in total. The van der Waals surface area contributed by atoms with Gasteiger partial charge in [-0.15, -0.1) is 12.4 Å². The van der Waals surface area contributed by atoms with E-state index in [0.717, 1.165) is 12.8 Å². The molecule has 0 saturated heterocycles. The minimum Gasteiger partial charge on any atom is -0.355 e. The Balaban J connectivity index is 0.00000264. The summed E-state index contributed by atoms with van der Waals surface area (Å²) < 4.78 is 26.5. The Bertz CT molecular complexity index is 640. The highest BCUT2D eigenvalue weighted by molar-refractivity contribution is 7.89. The Morgan fingerprint density at radius 1 is 1.30 bits per heavy atom. The van der Waals surface area contributed by atoms with Crippen molar-refractivity contribution in [2.24, 2.45) is 11.7 Å². The fourth-order valence-electron chi connectivity index (χ4n) is 2.49. The monoisotopic (exact) mass is 381 g/mol. The van der Waals surface area contributed by atoms with Gasteiger partial charge in [-0.3, -0.25) is 4.79 Å². The van der Waals surface area contributed by atoms with Gasteiger partial charge in [-0.1, -0.05) is 17.7 Å². The third kappa shape index (κ3) is 5.93. The molecule has 1 aromatic carbocycles. The van der Waals surface area contributed by atoms with Crippen molar-refractivity contribution in [3.05, 3.63) is 29.3 Å². The van der Waals surface area contributed by atoms with Crippen LogP contribution in [-0.2, 0) is 14.8 Å². The van der Waals surface area contributed by atoms with Gasteiger partial charge in [-0.2, -0.15) is 0 Å². The van der Waals surface area contributed by atoms with Crippen molar-refractivity contribution >= 4 is 39.9 Å². The predicted octanol–water partition coefficient (Wildman–Crippen LogP) is 1.28. The number of amides is 1. The van der Waals surface area contributed by atoms with Crippen LogP contribution >= 0.6 is 24.0 Å². The van der Waals surface area contributed by atoms with Crippen LogP contribution in [0.2, 0.25) is 5.02 Å². The van der Waals surface area contributed by atoms with Crippen molar-refractivity contribution in [3.8, 4) is 0 Å². The number of rotatable bonds is 6. The number of carbonyl (C=O) groups is 1. The van der Waals surface area contributed by atoms with Gasteiger partial charge in [0.25, 0.3) is 0 Å². The van der Waals surface area contributed by atoms with Gasteiger partial charge in [-0.25, -0.2) is 13.1 Å². The summed E-state index contributed by atoms with van der Waals surface area (Å²) in [5.41, 5.74) is 5.77. The Morgan fingerprint density at radius 2 is 2.04 bits per heavy atom. The summed E-state index contributed by atoms with van der Waals surface area (Å²) in [5.74, 6) is -0.116. The third-order valence-electron chi connectivity index (χ3n) is 3.67. The van der Waals surface area contributed by atoms with Crippen LogP contribution in [0.15, 0.2) is 29.2 Å². The molecular weight excluding hydrogens is 361 g/mol. The van der Waals surface area contributed by atoms with Crippen molar-refractivity contribution in [3.63, 3.8) is 0 Å². The molecule has 9 heteroatoms. The summed E-state index contributed by atoms with van der Waals surface area (Å²) >= 11 is 5.78. The summed E-state index contributed by atoms with van der Waals surface area (Å²) in [5, 5.41) is 3.09. The van der Waals surface area contributed by atoms with Crippen LogP contribution < -0.4 is 15.8 Å². The van der Waals surface area contributed by atoms with Crippen molar-refractivity contribution in [1.82, 2.24) is 10.0 Å². The SMILES string of the molecule is Cl.NC1CCC(C(=O)NCCNS(=O)(=O)c2cccc(Cl)c2)C1. The number of nitrogens with two attached hydrogens (primary N) is 1. The van der Waals surface area contributed by atoms with Gasteiger partial charge in [0.2, 0.25) is 15.9 Å². The molecule has 1 saturated carbocycles. The first-order chi connectivity index (χ1) is 10.4. The summed E-state index contributed by atoms with van der Waals surface area (Å²) in [7, 11) is -3.61. The van der Waals surface area contributed by atoms with E-state index < -0.39 is 10.0 Å². The first-order valence-electron chi connectivity index (χ1n) is 7.17. The molecule has 6 nitrogen and oxygen atoms in total. The van der Waals surface area contributed by atoms with Crippen LogP contribution in [-0.4, -0.2) is 33.5 Å². The van der Waals surface area contributed by atoms with E-state index in [0.29, 0.717) is 11.4 Å². The number of halogens is 2. The molecule has 1 fully saturated rings. The Labute approximate surface area is 147 Å². The lowest BCUT2D eigenvalue weighted by Gasteiger charge is -2.11. The predicted molar refractivity (Wildman–Crippen MR) is 92.2 cm³/mol. The zero-order valence-electron chi connectivity index (χ0n) is 12.5. The lowest BCUT2D eigenvalue weighted by Crippen LogP contribution is -2.37. The average molecular weight is 382 g/mol. The summed E-state index contributed by atoms with van der Waals surface area (Å²) in [6.45, 7) is 0.365. The smallest absolute Gasteiger partial charge is 0.240 e. The normalized spacial score (nSPS) is 20.8. The zero-order valence-corrected chi connectivity index (χ0v) is 14.9. The highest BCUT2D eigenvalue weighted by Gasteiger charge is 2.27. The second kappa shape index (κ2) is 8.84. The Morgan fingerprint density at radius 3 is 2.65 bits per heavy atom. The lowest BCUT2D eigenvalue weighted by molar-refractivity contribution is -0.124. The second-order valence-corrected chi connectivity index (χ2v) is 7.62. The molecule has 23 heavy (non-hydrogen) atoms. The van der Waals surface area contributed by atoms with E-state index in [2.05, 4.69) is 10.0 Å². The van der Waals surface area contributed by atoms with Crippen molar-refractivity contribution < 1.29 is 13.2 Å². The number of benzene rings is 1. The van der Waals surface area contributed by atoms with Crippen molar-refractivity contribution in [1.29, 1.82) is 0 Å². The van der Waals surface area contributed by atoms with E-state index in [4.69, 9.17) is 17.3 Å². The number of hydrogen-bond donors (Lipinski definition) is 3. The van der Waals surface area contributed by atoms with Gasteiger partial charge in [0, 0.05) is 30.1 Å². The molecule has 0 bridgehead atoms. The number of sulfonamides is 1. The Hall–Kier alpha value is -0.860. The molecule has 1 amide bonds. The van der Waals surface area contributed by atoms with E-state index in [1.165, 1.54) is 12.1 Å². The van der Waals surface area contributed by atoms with Crippen molar-refractivity contribution in [2.45, 2.75) is 30.2 Å². The van der Waals surface area contributed by atoms with Crippen LogP contribution in [0.3, 0.4) is 0 Å². The maximum Gasteiger partial charge on any atom is 0.240 e. The standard InChI is InChI=1S/C14H20ClN3O3S.ClH/c15-11-2-1-3-13(9-11)22(20,21)18-7-6-17-14(19)10-4-5-12(16)8-10;/h1-3,9-10,12,18H,4-8,16H2,(H,17,19);1H. The third-order valence-corrected chi connectivity index (χ3v) is 5.36. The molecule has 0 aliphatic heterocycles. The Kier molecular flexibility index (Phi) is 7.76. The molecule has 0 aromatic heterocycles. The van der Waals surface area contributed by atoms with Crippen LogP contribution in [0.25, 0.3) is 0 Å². The quantitative estimate of drug-likeness (QED) is 0.645. The van der Waals surface area contributed by atoms with Crippen molar-refractivity contribution in [2.75, 3.05) is 13.1 Å². The fourth-order valence-corrected chi connectivity index (χ4v) is 3.82. The molecule has 0 heterocycles. The highest BCUT2D eigenvalue weighted by Crippen LogP contribution is 2.23. The van der Waals surface area contributed by atoms with E-state index in [1.807, 2.05) is 0 Å². The van der Waals surface area contributed by atoms with E-state index >= 15 is 0 Å². The molecule has 1 aliphatic carbocycles. The molecule has 130 valence electrons. The van der Waals surface area contributed by atoms with Gasteiger partial charge >= 0.3 is 0 Å². The largest absolute Gasteiger partial charge is 0.355 e. The topological polar surface area (TPSA) is 101 Å². The molecule has 2 rings (SSSR count). The van der Waals surface area contributed by atoms with Crippen LogP contribution in [0.4, 0.5) is 0 Å². The lowest BCUT2D eigenvalue weighted by atomic mass is 10.1. The molecule has 2 unspecified atom stereocenters. The zero-order chi connectivity index (χ0) is 16.2. The minimum absolute atomic E-state index is 0. The van der Waals surface area contributed by atoms with Gasteiger partial charge in [0.1, 0.15) is 0 Å².